The van der Waals surface area contributed by atoms with Crippen molar-refractivity contribution < 1.29 is 4.79 Å². The van der Waals surface area contributed by atoms with Gasteiger partial charge in [0.25, 0.3) is 0 Å². The minimum atomic E-state index is 0.0885. The average molecular weight is 282 g/mol. The van der Waals surface area contributed by atoms with E-state index in [2.05, 4.69) is 15.2 Å². The van der Waals surface area contributed by atoms with E-state index in [4.69, 9.17) is 11.6 Å². The zero-order valence-corrected chi connectivity index (χ0v) is 11.4. The first-order valence-corrected chi connectivity index (χ1v) is 6.89. The summed E-state index contributed by atoms with van der Waals surface area (Å²) in [5, 5.41) is 4.36. The maximum absolute atomic E-state index is 11.4. The molecule has 0 atom stereocenters. The van der Waals surface area contributed by atoms with Gasteiger partial charge in [-0.15, -0.1) is 0 Å². The number of fused-ring (bicyclic) bond motifs is 1. The van der Waals surface area contributed by atoms with E-state index in [1.54, 1.807) is 18.4 Å². The Morgan fingerprint density at radius 3 is 3.06 bits per heavy atom. The maximum Gasteiger partial charge on any atom is 0.226 e. The first-order valence-electron chi connectivity index (χ1n) is 5.70. The Labute approximate surface area is 114 Å². The first-order chi connectivity index (χ1) is 8.67. The van der Waals surface area contributed by atoms with Gasteiger partial charge in [0, 0.05) is 25.2 Å². The Kier molecular flexibility index (Phi) is 2.87. The first kappa shape index (κ1) is 11.7. The molecule has 0 saturated carbocycles. The number of thiazole rings is 1. The van der Waals surface area contributed by atoms with Crippen LogP contribution in [-0.4, -0.2) is 31.0 Å². The number of anilines is 1. The summed E-state index contributed by atoms with van der Waals surface area (Å²) in [5.74, 6) is 0.195. The number of carbonyl (C=O) groups excluding carboxylic acids is 1. The Bertz CT molecular complexity index is 606. The standard InChI is InChI=1S/C12H12ClN3OS/c1-14-11(17)7-5-16(6-7)12-15-9-3-2-8(13)4-10(9)18-12/h2-4,7H,5-6H2,1H3,(H,14,17). The third kappa shape index (κ3) is 1.93. The fourth-order valence-electron chi connectivity index (χ4n) is 2.03. The molecule has 1 N–H and O–H groups in total. The molecule has 1 amide bonds. The summed E-state index contributed by atoms with van der Waals surface area (Å²) in [5.41, 5.74) is 0.961. The van der Waals surface area contributed by atoms with E-state index in [1.165, 1.54) is 0 Å². The highest BCUT2D eigenvalue weighted by atomic mass is 35.5. The van der Waals surface area contributed by atoms with Gasteiger partial charge in [-0.2, -0.15) is 0 Å². The molecule has 1 aliphatic heterocycles. The highest BCUT2D eigenvalue weighted by Gasteiger charge is 2.33. The lowest BCUT2D eigenvalue weighted by Crippen LogP contribution is -2.53. The minimum absolute atomic E-state index is 0.0885. The van der Waals surface area contributed by atoms with Crippen molar-refractivity contribution >= 4 is 44.2 Å². The van der Waals surface area contributed by atoms with Gasteiger partial charge in [-0.3, -0.25) is 4.79 Å². The van der Waals surface area contributed by atoms with E-state index < -0.39 is 0 Å². The molecular weight excluding hydrogens is 270 g/mol. The molecule has 0 bridgehead atoms. The number of hydrogen-bond donors (Lipinski definition) is 1. The van der Waals surface area contributed by atoms with Crippen LogP contribution < -0.4 is 10.2 Å². The Balaban J connectivity index is 1.79. The van der Waals surface area contributed by atoms with Crippen LogP contribution >= 0.6 is 22.9 Å². The summed E-state index contributed by atoms with van der Waals surface area (Å²) in [4.78, 5) is 18.1. The van der Waals surface area contributed by atoms with Gasteiger partial charge >= 0.3 is 0 Å². The van der Waals surface area contributed by atoms with Crippen LogP contribution in [0.5, 0.6) is 0 Å². The molecule has 0 spiro atoms. The van der Waals surface area contributed by atoms with E-state index in [-0.39, 0.29) is 11.8 Å². The zero-order chi connectivity index (χ0) is 12.7. The predicted octanol–water partition coefficient (Wildman–Crippen LogP) is 2.13. The second-order valence-electron chi connectivity index (χ2n) is 4.32. The van der Waals surface area contributed by atoms with Gasteiger partial charge in [-0.1, -0.05) is 22.9 Å². The average Bonchev–Trinajstić information content (AvgIpc) is 2.69. The SMILES string of the molecule is CNC(=O)C1CN(c2nc3ccc(Cl)cc3s2)C1. The highest BCUT2D eigenvalue weighted by Crippen LogP contribution is 2.34. The summed E-state index contributed by atoms with van der Waals surface area (Å²) < 4.78 is 1.08. The fourth-order valence-corrected chi connectivity index (χ4v) is 3.29. The van der Waals surface area contributed by atoms with Crippen LogP contribution in [0.25, 0.3) is 10.2 Å². The molecule has 1 aliphatic rings. The summed E-state index contributed by atoms with van der Waals surface area (Å²) in [6.45, 7) is 1.49. The van der Waals surface area contributed by atoms with Gasteiger partial charge < -0.3 is 10.2 Å². The van der Waals surface area contributed by atoms with Crippen LogP contribution in [0, 0.1) is 5.92 Å². The number of rotatable bonds is 2. The fraction of sp³-hybridized carbons (Fsp3) is 0.333. The van der Waals surface area contributed by atoms with Crippen molar-refractivity contribution in [2.24, 2.45) is 5.92 Å². The molecule has 6 heteroatoms. The van der Waals surface area contributed by atoms with Gasteiger partial charge in [-0.05, 0) is 18.2 Å². The summed E-state index contributed by atoms with van der Waals surface area (Å²) >= 11 is 7.57. The number of hydrogen-bond acceptors (Lipinski definition) is 4. The molecule has 0 aliphatic carbocycles. The number of amides is 1. The predicted molar refractivity (Wildman–Crippen MR) is 74.4 cm³/mol. The van der Waals surface area contributed by atoms with Crippen molar-refractivity contribution in [2.75, 3.05) is 25.0 Å². The number of aromatic nitrogens is 1. The van der Waals surface area contributed by atoms with Crippen molar-refractivity contribution in [1.82, 2.24) is 10.3 Å². The summed E-state index contributed by atoms with van der Waals surface area (Å²) in [6.07, 6.45) is 0. The van der Waals surface area contributed by atoms with Crippen molar-refractivity contribution in [3.63, 3.8) is 0 Å². The quantitative estimate of drug-likeness (QED) is 0.917. The van der Waals surface area contributed by atoms with E-state index >= 15 is 0 Å². The van der Waals surface area contributed by atoms with Crippen LogP contribution in [-0.2, 0) is 4.79 Å². The molecule has 18 heavy (non-hydrogen) atoms. The molecular formula is C12H12ClN3OS. The molecule has 0 radical (unpaired) electrons. The monoisotopic (exact) mass is 281 g/mol. The number of halogens is 1. The van der Waals surface area contributed by atoms with Gasteiger partial charge in [0.2, 0.25) is 5.91 Å². The molecule has 94 valence electrons. The number of benzene rings is 1. The van der Waals surface area contributed by atoms with E-state index in [0.717, 1.165) is 33.5 Å². The molecule has 2 heterocycles. The Hall–Kier alpha value is -1.33. The number of carbonyl (C=O) groups is 1. The third-order valence-corrected chi connectivity index (χ3v) is 4.42. The van der Waals surface area contributed by atoms with Crippen LogP contribution in [0.1, 0.15) is 0 Å². The van der Waals surface area contributed by atoms with Gasteiger partial charge in [0.05, 0.1) is 16.1 Å². The Morgan fingerprint density at radius 2 is 2.33 bits per heavy atom. The van der Waals surface area contributed by atoms with Crippen molar-refractivity contribution in [3.05, 3.63) is 23.2 Å². The second kappa shape index (κ2) is 4.40. The molecule has 3 rings (SSSR count). The van der Waals surface area contributed by atoms with E-state index in [9.17, 15) is 4.79 Å². The van der Waals surface area contributed by atoms with Gasteiger partial charge in [0.15, 0.2) is 5.13 Å². The van der Waals surface area contributed by atoms with Crippen LogP contribution in [0.2, 0.25) is 5.02 Å². The van der Waals surface area contributed by atoms with Crippen LogP contribution in [0.15, 0.2) is 18.2 Å². The smallest absolute Gasteiger partial charge is 0.226 e. The maximum atomic E-state index is 11.4. The topological polar surface area (TPSA) is 45.2 Å². The van der Waals surface area contributed by atoms with E-state index in [1.807, 2.05) is 18.2 Å². The van der Waals surface area contributed by atoms with Gasteiger partial charge in [-0.25, -0.2) is 4.98 Å². The molecule has 1 fully saturated rings. The molecule has 1 saturated heterocycles. The normalized spacial score (nSPS) is 15.8. The lowest BCUT2D eigenvalue weighted by molar-refractivity contribution is -0.125. The Morgan fingerprint density at radius 1 is 1.56 bits per heavy atom. The summed E-state index contributed by atoms with van der Waals surface area (Å²) in [6, 6.07) is 5.69. The van der Waals surface area contributed by atoms with Crippen LogP contribution in [0.4, 0.5) is 5.13 Å². The third-order valence-electron chi connectivity index (χ3n) is 3.11. The lowest BCUT2D eigenvalue weighted by atomic mass is 10.0. The van der Waals surface area contributed by atoms with Crippen molar-refractivity contribution in [2.45, 2.75) is 0 Å². The van der Waals surface area contributed by atoms with Crippen LogP contribution in [0.3, 0.4) is 0 Å². The molecule has 2 aromatic rings. The highest BCUT2D eigenvalue weighted by molar-refractivity contribution is 7.22. The van der Waals surface area contributed by atoms with E-state index in [0.29, 0.717) is 0 Å². The van der Waals surface area contributed by atoms with Gasteiger partial charge in [0.1, 0.15) is 0 Å². The number of nitrogens with zero attached hydrogens (tertiary/aromatic N) is 2. The zero-order valence-electron chi connectivity index (χ0n) is 9.81. The molecule has 4 nitrogen and oxygen atoms in total. The second-order valence-corrected chi connectivity index (χ2v) is 5.77. The summed E-state index contributed by atoms with van der Waals surface area (Å²) in [7, 11) is 1.67. The van der Waals surface area contributed by atoms with Crippen molar-refractivity contribution in [1.29, 1.82) is 0 Å². The molecule has 0 unspecified atom stereocenters. The molecule has 1 aromatic carbocycles. The largest absolute Gasteiger partial charge is 0.359 e. The minimum Gasteiger partial charge on any atom is -0.359 e. The lowest BCUT2D eigenvalue weighted by Gasteiger charge is -2.37. The molecule has 1 aromatic heterocycles. The van der Waals surface area contributed by atoms with Crippen molar-refractivity contribution in [3.8, 4) is 0 Å². The number of nitrogens with one attached hydrogen (secondary N) is 1.